The SMILES string of the molecule is N=C(c1cnc(C(=O)N2CCCC(O)CC2)cc1NCC(F)(F)F)c1coc2ccccc12. The van der Waals surface area contributed by atoms with Gasteiger partial charge in [-0.15, -0.1) is 0 Å². The third-order valence-electron chi connectivity index (χ3n) is 5.61. The molecule has 7 nitrogen and oxygen atoms in total. The van der Waals surface area contributed by atoms with Crippen molar-refractivity contribution in [3.8, 4) is 0 Å². The number of carbonyl (C=O) groups excluding carboxylic acids is 1. The van der Waals surface area contributed by atoms with Gasteiger partial charge >= 0.3 is 6.18 Å². The van der Waals surface area contributed by atoms with Gasteiger partial charge in [0.1, 0.15) is 24.1 Å². The fourth-order valence-electron chi connectivity index (χ4n) is 3.87. The lowest BCUT2D eigenvalue weighted by molar-refractivity contribution is -0.115. The summed E-state index contributed by atoms with van der Waals surface area (Å²) in [6.07, 6.45) is -0.706. The number of aromatic nitrogens is 1. The van der Waals surface area contributed by atoms with Crippen LogP contribution < -0.4 is 5.32 Å². The highest BCUT2D eigenvalue weighted by molar-refractivity contribution is 6.19. The Bertz CT molecular complexity index is 1180. The molecule has 1 atom stereocenters. The number of fused-ring (bicyclic) bond motifs is 1. The fraction of sp³-hybridized carbons (Fsp3) is 0.348. The van der Waals surface area contributed by atoms with E-state index in [4.69, 9.17) is 9.83 Å². The van der Waals surface area contributed by atoms with Gasteiger partial charge in [-0.05, 0) is 31.4 Å². The van der Waals surface area contributed by atoms with Gasteiger partial charge in [-0.1, -0.05) is 18.2 Å². The van der Waals surface area contributed by atoms with Crippen LogP contribution in [0.25, 0.3) is 11.0 Å². The van der Waals surface area contributed by atoms with Crippen molar-refractivity contribution >= 4 is 28.3 Å². The summed E-state index contributed by atoms with van der Waals surface area (Å²) in [7, 11) is 0. The van der Waals surface area contributed by atoms with Crippen LogP contribution in [-0.4, -0.2) is 58.5 Å². The predicted molar refractivity (Wildman–Crippen MR) is 117 cm³/mol. The molecule has 1 saturated heterocycles. The summed E-state index contributed by atoms with van der Waals surface area (Å²) in [5.74, 6) is -0.425. The molecule has 0 spiro atoms. The normalized spacial score (nSPS) is 17.1. The number of para-hydroxylation sites is 1. The van der Waals surface area contributed by atoms with E-state index in [2.05, 4.69) is 10.3 Å². The smallest absolute Gasteiger partial charge is 0.405 e. The van der Waals surface area contributed by atoms with Crippen molar-refractivity contribution < 1.29 is 27.5 Å². The molecule has 0 bridgehead atoms. The predicted octanol–water partition coefficient (Wildman–Crippen LogP) is 4.21. The molecule has 0 aliphatic carbocycles. The van der Waals surface area contributed by atoms with Crippen LogP contribution in [0.3, 0.4) is 0 Å². The molecule has 1 amide bonds. The first-order valence-corrected chi connectivity index (χ1v) is 10.6. The van der Waals surface area contributed by atoms with Gasteiger partial charge < -0.3 is 19.7 Å². The van der Waals surface area contributed by atoms with Gasteiger partial charge in [0, 0.05) is 41.5 Å². The van der Waals surface area contributed by atoms with E-state index in [-0.39, 0.29) is 22.7 Å². The molecule has 1 unspecified atom stereocenters. The Hall–Kier alpha value is -3.40. The molecule has 2 aromatic heterocycles. The zero-order chi connectivity index (χ0) is 23.6. The highest BCUT2D eigenvalue weighted by Crippen LogP contribution is 2.28. The molecular formula is C23H23F3N4O3. The monoisotopic (exact) mass is 460 g/mol. The number of hydrogen-bond acceptors (Lipinski definition) is 6. The highest BCUT2D eigenvalue weighted by atomic mass is 19.4. The molecule has 3 N–H and O–H groups in total. The summed E-state index contributed by atoms with van der Waals surface area (Å²) in [5.41, 5.74) is 0.955. The average Bonchev–Trinajstić information content (AvgIpc) is 3.10. The molecule has 0 saturated carbocycles. The van der Waals surface area contributed by atoms with Crippen LogP contribution in [0.5, 0.6) is 0 Å². The van der Waals surface area contributed by atoms with Gasteiger partial charge in [0.2, 0.25) is 0 Å². The Kier molecular flexibility index (Phi) is 6.37. The summed E-state index contributed by atoms with van der Waals surface area (Å²) in [6, 6.07) is 8.29. The Morgan fingerprint density at radius 3 is 2.82 bits per heavy atom. The molecule has 33 heavy (non-hydrogen) atoms. The molecule has 4 rings (SSSR count). The highest BCUT2D eigenvalue weighted by Gasteiger charge is 2.29. The number of nitrogens with zero attached hydrogens (tertiary/aromatic N) is 2. The minimum atomic E-state index is -4.49. The average molecular weight is 460 g/mol. The Labute approximate surface area is 187 Å². The second-order valence-electron chi connectivity index (χ2n) is 7.98. The number of aliphatic hydroxyl groups excluding tert-OH is 1. The topological polar surface area (TPSA) is 102 Å². The summed E-state index contributed by atoms with van der Waals surface area (Å²) < 4.78 is 44.3. The molecule has 1 aromatic carbocycles. The molecule has 1 fully saturated rings. The lowest BCUT2D eigenvalue weighted by Crippen LogP contribution is -2.33. The first-order valence-electron chi connectivity index (χ1n) is 10.6. The van der Waals surface area contributed by atoms with Gasteiger partial charge in [0.05, 0.1) is 11.8 Å². The fourth-order valence-corrected chi connectivity index (χ4v) is 3.87. The largest absolute Gasteiger partial charge is 0.464 e. The van der Waals surface area contributed by atoms with Crippen molar-refractivity contribution in [2.75, 3.05) is 25.0 Å². The number of rotatable bonds is 5. The van der Waals surface area contributed by atoms with Crippen molar-refractivity contribution in [1.82, 2.24) is 9.88 Å². The van der Waals surface area contributed by atoms with Crippen LogP contribution in [0.4, 0.5) is 18.9 Å². The van der Waals surface area contributed by atoms with E-state index < -0.39 is 24.7 Å². The van der Waals surface area contributed by atoms with Crippen LogP contribution in [0.15, 0.2) is 47.2 Å². The summed E-state index contributed by atoms with van der Waals surface area (Å²) in [5, 5.41) is 21.4. The number of nitrogens with one attached hydrogen (secondary N) is 2. The number of hydrogen-bond donors (Lipinski definition) is 3. The Balaban J connectivity index is 1.67. The maximum atomic E-state index is 13.0. The second kappa shape index (κ2) is 9.22. The molecule has 3 aromatic rings. The lowest BCUT2D eigenvalue weighted by Gasteiger charge is -2.21. The number of pyridine rings is 1. The van der Waals surface area contributed by atoms with Crippen LogP contribution in [0.2, 0.25) is 0 Å². The third kappa shape index (κ3) is 5.16. The van der Waals surface area contributed by atoms with Crippen molar-refractivity contribution in [2.45, 2.75) is 31.5 Å². The Morgan fingerprint density at radius 2 is 2.03 bits per heavy atom. The molecular weight excluding hydrogens is 437 g/mol. The van der Waals surface area contributed by atoms with Crippen LogP contribution in [0.1, 0.15) is 40.9 Å². The van der Waals surface area contributed by atoms with E-state index >= 15 is 0 Å². The van der Waals surface area contributed by atoms with Crippen molar-refractivity contribution in [2.24, 2.45) is 0 Å². The minimum Gasteiger partial charge on any atom is -0.464 e. The van der Waals surface area contributed by atoms with Gasteiger partial charge in [-0.3, -0.25) is 15.2 Å². The zero-order valence-corrected chi connectivity index (χ0v) is 17.7. The molecule has 10 heteroatoms. The molecule has 1 aliphatic rings. The van der Waals surface area contributed by atoms with Crippen LogP contribution >= 0.6 is 0 Å². The van der Waals surface area contributed by atoms with Crippen molar-refractivity contribution in [3.05, 3.63) is 59.6 Å². The van der Waals surface area contributed by atoms with Gasteiger partial charge in [0.25, 0.3) is 5.91 Å². The maximum Gasteiger partial charge on any atom is 0.405 e. The first-order chi connectivity index (χ1) is 15.7. The number of likely N-dealkylation sites (tertiary alicyclic amines) is 1. The summed E-state index contributed by atoms with van der Waals surface area (Å²) >= 11 is 0. The number of halogens is 3. The maximum absolute atomic E-state index is 13.0. The second-order valence-corrected chi connectivity index (χ2v) is 7.98. The first kappa shape index (κ1) is 22.8. The summed E-state index contributed by atoms with van der Waals surface area (Å²) in [6.45, 7) is -0.556. The van der Waals surface area contributed by atoms with Crippen LogP contribution in [-0.2, 0) is 0 Å². The quantitative estimate of drug-likeness (QED) is 0.495. The van der Waals surface area contributed by atoms with Gasteiger partial charge in [-0.25, -0.2) is 0 Å². The number of aliphatic hydroxyl groups is 1. The van der Waals surface area contributed by atoms with E-state index in [1.807, 2.05) is 0 Å². The van der Waals surface area contributed by atoms with E-state index in [0.29, 0.717) is 48.9 Å². The number of alkyl halides is 3. The lowest BCUT2D eigenvalue weighted by atomic mass is 10.0. The number of carbonyl (C=O) groups is 1. The van der Waals surface area contributed by atoms with Crippen molar-refractivity contribution in [1.29, 1.82) is 5.41 Å². The minimum absolute atomic E-state index is 0.0178. The van der Waals surface area contributed by atoms with E-state index in [0.717, 1.165) is 0 Å². The van der Waals surface area contributed by atoms with E-state index in [1.165, 1.54) is 18.5 Å². The number of anilines is 1. The molecule has 1 aliphatic heterocycles. The number of furan rings is 1. The van der Waals surface area contributed by atoms with Crippen LogP contribution in [0, 0.1) is 5.41 Å². The number of amides is 1. The van der Waals surface area contributed by atoms with Gasteiger partial charge in [-0.2, -0.15) is 13.2 Å². The number of benzene rings is 1. The summed E-state index contributed by atoms with van der Waals surface area (Å²) in [4.78, 5) is 18.7. The molecule has 174 valence electrons. The third-order valence-corrected chi connectivity index (χ3v) is 5.61. The molecule has 0 radical (unpaired) electrons. The zero-order valence-electron chi connectivity index (χ0n) is 17.7. The standard InChI is InChI=1S/C23H23F3N4O3/c24-23(25,26)13-29-18-10-19(22(32)30-8-3-4-14(31)7-9-30)28-11-16(18)21(27)17-12-33-20-6-2-1-5-15(17)20/h1-2,5-6,10-12,14,27,31H,3-4,7-9,13H2,(H,28,29). The van der Waals surface area contributed by atoms with Crippen molar-refractivity contribution in [3.63, 3.8) is 0 Å². The Morgan fingerprint density at radius 1 is 1.24 bits per heavy atom. The van der Waals surface area contributed by atoms with E-state index in [1.54, 1.807) is 29.2 Å². The van der Waals surface area contributed by atoms with Gasteiger partial charge in [0.15, 0.2) is 0 Å². The van der Waals surface area contributed by atoms with E-state index in [9.17, 15) is 23.1 Å². The molecule has 3 heterocycles.